The third-order valence-electron chi connectivity index (χ3n) is 6.64. The summed E-state index contributed by atoms with van der Waals surface area (Å²) in [6.07, 6.45) is 1.71. The molecule has 2 N–H and O–H groups in total. The number of H-pyrrole nitrogens is 1. The van der Waals surface area contributed by atoms with E-state index < -0.39 is 11.7 Å². The molecule has 0 spiro atoms. The number of aromatic nitrogens is 2. The molecule has 1 atom stereocenters. The number of imidazole rings is 1. The summed E-state index contributed by atoms with van der Waals surface area (Å²) in [5.74, 6) is 0.979. The highest BCUT2D eigenvalue weighted by Gasteiger charge is 2.32. The normalized spacial score (nSPS) is 15.4. The first-order valence-electron chi connectivity index (χ1n) is 13.7. The van der Waals surface area contributed by atoms with Gasteiger partial charge in [-0.1, -0.05) is 74.0 Å². The highest BCUT2D eigenvalue weighted by Crippen LogP contribution is 2.35. The van der Waals surface area contributed by atoms with E-state index in [4.69, 9.17) is 21.3 Å². The number of ether oxygens (including phenoxy) is 1. The zero-order valence-electron chi connectivity index (χ0n) is 23.7. The van der Waals surface area contributed by atoms with Crippen molar-refractivity contribution >= 4 is 29.4 Å². The lowest BCUT2D eigenvalue weighted by molar-refractivity contribution is -0.133. The van der Waals surface area contributed by atoms with Gasteiger partial charge in [0.2, 0.25) is 5.91 Å². The molecule has 0 saturated carbocycles. The summed E-state index contributed by atoms with van der Waals surface area (Å²) in [7, 11) is 0. The first-order valence-corrected chi connectivity index (χ1v) is 14.0. The number of carbonyl (C=O) groups is 3. The van der Waals surface area contributed by atoms with E-state index in [1.165, 1.54) is 0 Å². The van der Waals surface area contributed by atoms with Crippen molar-refractivity contribution in [3.63, 3.8) is 0 Å². The molecule has 2 amide bonds. The second kappa shape index (κ2) is 12.3. The fraction of sp³-hybridized carbons (Fsp3) is 0.419. The molecule has 2 aromatic carbocycles. The van der Waals surface area contributed by atoms with Crippen LogP contribution in [0.2, 0.25) is 5.15 Å². The number of likely N-dealkylation sites (tertiary alicyclic amines) is 1. The highest BCUT2D eigenvalue weighted by molar-refractivity contribution is 6.31. The predicted octanol–water partition coefficient (Wildman–Crippen LogP) is 6.81. The van der Waals surface area contributed by atoms with Gasteiger partial charge in [-0.15, -0.1) is 0 Å². The maximum atomic E-state index is 12.7. The molecule has 3 aromatic rings. The Bertz CT molecular complexity index is 1360. The zero-order valence-corrected chi connectivity index (χ0v) is 24.5. The quantitative estimate of drug-likeness (QED) is 0.292. The molecule has 2 heterocycles. The first kappa shape index (κ1) is 29.3. The minimum Gasteiger partial charge on any atom is -0.444 e. The first-order chi connectivity index (χ1) is 18.9. The van der Waals surface area contributed by atoms with Gasteiger partial charge < -0.3 is 19.9 Å². The molecule has 4 rings (SSSR count). The molecule has 212 valence electrons. The Morgan fingerprint density at radius 2 is 1.65 bits per heavy atom. The lowest BCUT2D eigenvalue weighted by atomic mass is 10.0. The van der Waals surface area contributed by atoms with Crippen LogP contribution in [0.5, 0.6) is 0 Å². The average molecular weight is 565 g/mol. The Kier molecular flexibility index (Phi) is 8.98. The van der Waals surface area contributed by atoms with E-state index in [-0.39, 0.29) is 24.3 Å². The smallest absolute Gasteiger partial charge is 0.408 e. The van der Waals surface area contributed by atoms with Crippen LogP contribution in [0, 0.1) is 5.92 Å². The van der Waals surface area contributed by atoms with Crippen molar-refractivity contribution in [1.29, 1.82) is 0 Å². The number of aromatic amines is 1. The standard InChI is InChI=1S/C31H37ClN4O4/c1-19(2)17-26(38)36-16-6-7-24(36)29-34-27(28(32)35-29)23-14-10-21(11-15-23)20-8-12-22(13-9-20)25(37)18-33-30(39)40-31(3,4)5/h8-15,19,24H,6-7,16-18H2,1-5H3,(H,33,39)(H,34,35)/t24-/m0/s1. The number of hydrogen-bond donors (Lipinski definition) is 2. The largest absolute Gasteiger partial charge is 0.444 e. The number of carbonyl (C=O) groups excluding carboxylic acids is 3. The van der Waals surface area contributed by atoms with Crippen molar-refractivity contribution in [2.75, 3.05) is 13.1 Å². The molecular weight excluding hydrogens is 528 g/mol. The summed E-state index contributed by atoms with van der Waals surface area (Å²) in [5.41, 5.74) is 3.32. The summed E-state index contributed by atoms with van der Waals surface area (Å²) in [5, 5.41) is 2.95. The van der Waals surface area contributed by atoms with E-state index >= 15 is 0 Å². The fourth-order valence-electron chi connectivity index (χ4n) is 4.77. The molecule has 1 aliphatic rings. The molecule has 40 heavy (non-hydrogen) atoms. The molecule has 0 aliphatic carbocycles. The Morgan fingerprint density at radius 3 is 2.25 bits per heavy atom. The number of alkyl carbamates (subject to hydrolysis) is 1. The molecule has 8 nitrogen and oxygen atoms in total. The Morgan fingerprint density at radius 1 is 1.05 bits per heavy atom. The van der Waals surface area contributed by atoms with Gasteiger partial charge in [-0.25, -0.2) is 9.78 Å². The second-order valence-corrected chi connectivity index (χ2v) is 11.9. The van der Waals surface area contributed by atoms with Crippen LogP contribution in [0.15, 0.2) is 48.5 Å². The third kappa shape index (κ3) is 7.30. The van der Waals surface area contributed by atoms with E-state index in [9.17, 15) is 14.4 Å². The van der Waals surface area contributed by atoms with E-state index in [1.807, 2.05) is 41.3 Å². The Hall–Kier alpha value is -3.65. The van der Waals surface area contributed by atoms with Gasteiger partial charge in [0.15, 0.2) is 5.78 Å². The number of nitrogens with zero attached hydrogens (tertiary/aromatic N) is 2. The molecule has 0 unspecified atom stereocenters. The molecule has 1 aromatic heterocycles. The van der Waals surface area contributed by atoms with Gasteiger partial charge in [-0.05, 0) is 50.7 Å². The number of benzene rings is 2. The maximum absolute atomic E-state index is 12.7. The lowest BCUT2D eigenvalue weighted by Gasteiger charge is -2.24. The van der Waals surface area contributed by atoms with Crippen LogP contribution >= 0.6 is 11.6 Å². The van der Waals surface area contributed by atoms with Crippen molar-refractivity contribution in [2.45, 2.75) is 65.5 Å². The van der Waals surface area contributed by atoms with Crippen molar-refractivity contribution < 1.29 is 19.1 Å². The number of halogens is 1. The zero-order chi connectivity index (χ0) is 29.0. The van der Waals surface area contributed by atoms with Crippen molar-refractivity contribution in [3.05, 3.63) is 65.1 Å². The highest BCUT2D eigenvalue weighted by atomic mass is 35.5. The number of nitrogens with one attached hydrogen (secondary N) is 2. The molecule has 1 saturated heterocycles. The summed E-state index contributed by atoms with van der Waals surface area (Å²) in [6.45, 7) is 10.00. The third-order valence-corrected chi connectivity index (χ3v) is 6.91. The van der Waals surface area contributed by atoms with Crippen LogP contribution in [0.4, 0.5) is 4.79 Å². The van der Waals surface area contributed by atoms with Crippen LogP contribution in [-0.2, 0) is 9.53 Å². The molecule has 1 fully saturated rings. The summed E-state index contributed by atoms with van der Waals surface area (Å²) in [6, 6.07) is 15.0. The number of ketones is 1. The summed E-state index contributed by atoms with van der Waals surface area (Å²) >= 11 is 6.56. The summed E-state index contributed by atoms with van der Waals surface area (Å²) in [4.78, 5) is 47.0. The number of Topliss-reactive ketones (excluding diaryl/α,β-unsaturated/α-hetero) is 1. The van der Waals surface area contributed by atoms with Crippen LogP contribution in [0.25, 0.3) is 22.4 Å². The average Bonchev–Trinajstić information content (AvgIpc) is 3.53. The minimum absolute atomic E-state index is 0.0858. The van der Waals surface area contributed by atoms with E-state index in [0.29, 0.717) is 28.7 Å². The number of amides is 2. The second-order valence-electron chi connectivity index (χ2n) is 11.6. The van der Waals surface area contributed by atoms with Crippen LogP contribution in [-0.4, -0.2) is 51.3 Å². The molecular formula is C31H37ClN4O4. The lowest BCUT2D eigenvalue weighted by Crippen LogP contribution is -2.35. The SMILES string of the molecule is CC(C)CC(=O)N1CCC[C@H]1c1nc(-c2ccc(-c3ccc(C(=O)CNC(=O)OC(C)(C)C)cc3)cc2)c(Cl)[nH]1. The van der Waals surface area contributed by atoms with Crippen molar-refractivity contribution in [1.82, 2.24) is 20.2 Å². The van der Waals surface area contributed by atoms with Gasteiger partial charge in [-0.2, -0.15) is 0 Å². The van der Waals surface area contributed by atoms with Crippen LogP contribution in [0.3, 0.4) is 0 Å². The monoisotopic (exact) mass is 564 g/mol. The van der Waals surface area contributed by atoms with Crippen LogP contribution < -0.4 is 5.32 Å². The van der Waals surface area contributed by atoms with E-state index in [1.54, 1.807) is 32.9 Å². The van der Waals surface area contributed by atoms with E-state index in [2.05, 4.69) is 24.1 Å². The number of hydrogen-bond acceptors (Lipinski definition) is 5. The van der Waals surface area contributed by atoms with Gasteiger partial charge in [-0.3, -0.25) is 9.59 Å². The summed E-state index contributed by atoms with van der Waals surface area (Å²) < 4.78 is 5.17. The maximum Gasteiger partial charge on any atom is 0.408 e. The van der Waals surface area contributed by atoms with Gasteiger partial charge in [0.25, 0.3) is 0 Å². The Labute approximate surface area is 240 Å². The Balaban J connectivity index is 1.41. The van der Waals surface area contributed by atoms with Crippen molar-refractivity contribution in [3.8, 4) is 22.4 Å². The van der Waals surface area contributed by atoms with Gasteiger partial charge in [0, 0.05) is 24.1 Å². The van der Waals surface area contributed by atoms with Crippen LogP contribution in [0.1, 0.15) is 76.1 Å². The van der Waals surface area contributed by atoms with Gasteiger partial charge in [0.1, 0.15) is 22.3 Å². The topological polar surface area (TPSA) is 104 Å². The van der Waals surface area contributed by atoms with E-state index in [0.717, 1.165) is 41.9 Å². The molecule has 1 aliphatic heterocycles. The molecule has 9 heteroatoms. The minimum atomic E-state index is -0.625. The predicted molar refractivity (Wildman–Crippen MR) is 156 cm³/mol. The number of rotatable bonds is 8. The molecule has 0 radical (unpaired) electrons. The van der Waals surface area contributed by atoms with Gasteiger partial charge >= 0.3 is 6.09 Å². The fourth-order valence-corrected chi connectivity index (χ4v) is 5.02. The molecule has 0 bridgehead atoms. The van der Waals surface area contributed by atoms with Crippen molar-refractivity contribution in [2.24, 2.45) is 5.92 Å². The van der Waals surface area contributed by atoms with Gasteiger partial charge in [0.05, 0.1) is 12.6 Å².